The average Bonchev–Trinajstić information content (AvgIpc) is 2.79. The first-order valence-corrected chi connectivity index (χ1v) is 6.13. The van der Waals surface area contributed by atoms with Crippen LogP contribution in [0.3, 0.4) is 0 Å². The van der Waals surface area contributed by atoms with Gasteiger partial charge in [0.1, 0.15) is 0 Å². The van der Waals surface area contributed by atoms with Crippen LogP contribution < -0.4 is 11.1 Å². The first-order chi connectivity index (χ1) is 8.97. The van der Waals surface area contributed by atoms with Crippen LogP contribution in [0.4, 0.5) is 5.69 Å². The molecule has 2 aromatic rings. The van der Waals surface area contributed by atoms with E-state index in [1.165, 1.54) is 0 Å². The molecule has 0 fully saturated rings. The van der Waals surface area contributed by atoms with Crippen LogP contribution in [0.2, 0.25) is 0 Å². The van der Waals surface area contributed by atoms with Crippen LogP contribution in [0.5, 0.6) is 0 Å². The molecule has 5 heteroatoms. The van der Waals surface area contributed by atoms with Crippen LogP contribution >= 0.6 is 0 Å². The third-order valence-corrected chi connectivity index (χ3v) is 3.10. The third kappa shape index (κ3) is 2.93. The topological polar surface area (TPSA) is 72.9 Å². The number of nitrogens with one attached hydrogen (secondary N) is 1. The van der Waals surface area contributed by atoms with Crippen LogP contribution in [0.1, 0.15) is 34.5 Å². The molecule has 1 amide bonds. The fraction of sp³-hybridized carbons (Fsp3) is 0.286. The van der Waals surface area contributed by atoms with E-state index in [-0.39, 0.29) is 11.9 Å². The number of aryl methyl sites for hydroxylation is 2. The van der Waals surface area contributed by atoms with Crippen molar-refractivity contribution in [3.63, 3.8) is 0 Å². The molecular formula is C14H18N4O. The highest BCUT2D eigenvalue weighted by atomic mass is 16.1. The summed E-state index contributed by atoms with van der Waals surface area (Å²) in [5.41, 5.74) is 8.93. The molecule has 0 aliphatic heterocycles. The van der Waals surface area contributed by atoms with Gasteiger partial charge in [-0.15, -0.1) is 0 Å². The summed E-state index contributed by atoms with van der Waals surface area (Å²) in [4.78, 5) is 12.1. The zero-order chi connectivity index (χ0) is 14.0. The smallest absolute Gasteiger partial charge is 0.251 e. The molecule has 19 heavy (non-hydrogen) atoms. The highest BCUT2D eigenvalue weighted by Gasteiger charge is 2.13. The Kier molecular flexibility index (Phi) is 3.55. The summed E-state index contributed by atoms with van der Waals surface area (Å²) in [6.07, 6.45) is 3.64. The largest absolute Gasteiger partial charge is 0.399 e. The van der Waals surface area contributed by atoms with E-state index in [0.29, 0.717) is 11.3 Å². The van der Waals surface area contributed by atoms with E-state index in [0.717, 1.165) is 11.1 Å². The number of hydrogen-bond acceptors (Lipinski definition) is 3. The van der Waals surface area contributed by atoms with Crippen molar-refractivity contribution in [2.24, 2.45) is 7.05 Å². The number of rotatable bonds is 3. The molecule has 5 nitrogen and oxygen atoms in total. The number of benzene rings is 1. The number of carbonyl (C=O) groups is 1. The maximum Gasteiger partial charge on any atom is 0.251 e. The lowest BCUT2D eigenvalue weighted by Crippen LogP contribution is -2.26. The second-order valence-electron chi connectivity index (χ2n) is 4.71. The Morgan fingerprint density at radius 2 is 2.21 bits per heavy atom. The molecule has 1 heterocycles. The minimum absolute atomic E-state index is 0.0842. The molecule has 1 unspecified atom stereocenters. The summed E-state index contributed by atoms with van der Waals surface area (Å²) in [6.45, 7) is 3.82. The van der Waals surface area contributed by atoms with Crippen molar-refractivity contribution in [3.05, 3.63) is 47.3 Å². The number of carbonyl (C=O) groups excluding carboxylic acids is 1. The van der Waals surface area contributed by atoms with Gasteiger partial charge in [0, 0.05) is 30.1 Å². The third-order valence-electron chi connectivity index (χ3n) is 3.10. The van der Waals surface area contributed by atoms with E-state index < -0.39 is 0 Å². The lowest BCUT2D eigenvalue weighted by molar-refractivity contribution is 0.0940. The molecule has 1 aromatic carbocycles. The number of nitrogens with two attached hydrogens (primary N) is 1. The Labute approximate surface area is 112 Å². The van der Waals surface area contributed by atoms with Crippen molar-refractivity contribution in [3.8, 4) is 0 Å². The number of anilines is 1. The zero-order valence-electron chi connectivity index (χ0n) is 11.3. The summed E-state index contributed by atoms with van der Waals surface area (Å²) >= 11 is 0. The summed E-state index contributed by atoms with van der Waals surface area (Å²) in [5.74, 6) is -0.112. The number of aromatic nitrogens is 2. The van der Waals surface area contributed by atoms with E-state index >= 15 is 0 Å². The monoisotopic (exact) mass is 258 g/mol. The van der Waals surface area contributed by atoms with Crippen molar-refractivity contribution in [2.45, 2.75) is 19.9 Å². The maximum absolute atomic E-state index is 12.1. The van der Waals surface area contributed by atoms with E-state index in [1.807, 2.05) is 27.1 Å². The van der Waals surface area contributed by atoms with E-state index in [2.05, 4.69) is 10.4 Å². The Bertz CT molecular complexity index is 603. The molecule has 0 radical (unpaired) electrons. The Morgan fingerprint density at radius 3 is 2.79 bits per heavy atom. The first-order valence-electron chi connectivity index (χ1n) is 6.13. The molecule has 2 rings (SSSR count). The maximum atomic E-state index is 12.1. The van der Waals surface area contributed by atoms with Gasteiger partial charge in [-0.3, -0.25) is 9.48 Å². The van der Waals surface area contributed by atoms with Crippen LogP contribution in [0.25, 0.3) is 0 Å². The summed E-state index contributed by atoms with van der Waals surface area (Å²) in [7, 11) is 1.85. The lowest BCUT2D eigenvalue weighted by atomic mass is 10.1. The average molecular weight is 258 g/mol. The minimum atomic E-state index is -0.112. The van der Waals surface area contributed by atoms with Crippen LogP contribution in [0.15, 0.2) is 30.6 Å². The fourth-order valence-corrected chi connectivity index (χ4v) is 1.84. The van der Waals surface area contributed by atoms with Crippen LogP contribution in [-0.2, 0) is 7.05 Å². The number of amides is 1. The van der Waals surface area contributed by atoms with Crippen molar-refractivity contribution in [1.29, 1.82) is 0 Å². The summed E-state index contributed by atoms with van der Waals surface area (Å²) in [6, 6.07) is 5.19. The van der Waals surface area contributed by atoms with Gasteiger partial charge in [-0.1, -0.05) is 0 Å². The van der Waals surface area contributed by atoms with E-state index in [9.17, 15) is 4.79 Å². The highest BCUT2D eigenvalue weighted by molar-refractivity contribution is 5.95. The van der Waals surface area contributed by atoms with Gasteiger partial charge in [-0.05, 0) is 37.6 Å². The van der Waals surface area contributed by atoms with Gasteiger partial charge in [-0.2, -0.15) is 5.10 Å². The van der Waals surface area contributed by atoms with Gasteiger partial charge in [0.25, 0.3) is 5.91 Å². The van der Waals surface area contributed by atoms with Crippen LogP contribution in [-0.4, -0.2) is 15.7 Å². The van der Waals surface area contributed by atoms with E-state index in [1.54, 1.807) is 29.1 Å². The predicted molar refractivity (Wildman–Crippen MR) is 74.7 cm³/mol. The second-order valence-corrected chi connectivity index (χ2v) is 4.71. The van der Waals surface area contributed by atoms with Crippen molar-refractivity contribution in [2.75, 3.05) is 5.73 Å². The predicted octanol–water partition coefficient (Wildman–Crippen LogP) is 1.80. The molecule has 0 saturated carbocycles. The van der Waals surface area contributed by atoms with E-state index in [4.69, 9.17) is 5.73 Å². The normalized spacial score (nSPS) is 12.2. The lowest BCUT2D eigenvalue weighted by Gasteiger charge is -2.12. The van der Waals surface area contributed by atoms with Gasteiger partial charge >= 0.3 is 0 Å². The molecule has 3 N–H and O–H groups in total. The number of hydrogen-bond donors (Lipinski definition) is 2. The van der Waals surface area contributed by atoms with Gasteiger partial charge < -0.3 is 11.1 Å². The Hall–Kier alpha value is -2.30. The molecule has 0 spiro atoms. The molecule has 1 aromatic heterocycles. The molecule has 0 bridgehead atoms. The Morgan fingerprint density at radius 1 is 1.47 bits per heavy atom. The quantitative estimate of drug-likeness (QED) is 0.824. The number of nitrogens with zero attached hydrogens (tertiary/aromatic N) is 2. The van der Waals surface area contributed by atoms with Crippen molar-refractivity contribution >= 4 is 11.6 Å². The fourth-order valence-electron chi connectivity index (χ4n) is 1.84. The Balaban J connectivity index is 2.10. The summed E-state index contributed by atoms with van der Waals surface area (Å²) in [5, 5.41) is 7.03. The van der Waals surface area contributed by atoms with Gasteiger partial charge in [0.05, 0.1) is 12.2 Å². The van der Waals surface area contributed by atoms with Crippen LogP contribution in [0, 0.1) is 6.92 Å². The molecule has 1 atom stereocenters. The van der Waals surface area contributed by atoms with Gasteiger partial charge in [0.15, 0.2) is 0 Å². The highest BCUT2D eigenvalue weighted by Crippen LogP contribution is 2.15. The SMILES string of the molecule is Cc1cc(C(=O)NC(C)c2cnn(C)c2)ccc1N. The first kappa shape index (κ1) is 13.1. The molecule has 100 valence electrons. The number of nitrogen functional groups attached to an aromatic ring is 1. The minimum Gasteiger partial charge on any atom is -0.399 e. The molecule has 0 aliphatic rings. The second kappa shape index (κ2) is 5.14. The van der Waals surface area contributed by atoms with Crippen molar-refractivity contribution in [1.82, 2.24) is 15.1 Å². The van der Waals surface area contributed by atoms with Crippen molar-refractivity contribution < 1.29 is 4.79 Å². The molecular weight excluding hydrogens is 240 g/mol. The van der Waals surface area contributed by atoms with Gasteiger partial charge in [0.2, 0.25) is 0 Å². The molecule has 0 aliphatic carbocycles. The summed E-state index contributed by atoms with van der Waals surface area (Å²) < 4.78 is 1.71. The molecule has 0 saturated heterocycles. The van der Waals surface area contributed by atoms with Gasteiger partial charge in [-0.25, -0.2) is 0 Å². The standard InChI is InChI=1S/C14H18N4O/c1-9-6-11(4-5-13(9)15)14(19)17-10(2)12-7-16-18(3)8-12/h4-8,10H,15H2,1-3H3,(H,17,19). The zero-order valence-corrected chi connectivity index (χ0v) is 11.3.